The van der Waals surface area contributed by atoms with Crippen molar-refractivity contribution in [3.8, 4) is 0 Å². The van der Waals surface area contributed by atoms with Crippen molar-refractivity contribution < 1.29 is 4.74 Å². The second kappa shape index (κ2) is 8.50. The smallest absolute Gasteiger partial charge is 0.0594 e. The average molecular weight is 296 g/mol. The number of hydrogen-bond donors (Lipinski definition) is 1. The third-order valence-electron chi connectivity index (χ3n) is 5.57. The van der Waals surface area contributed by atoms with Crippen molar-refractivity contribution in [2.45, 2.75) is 77.3 Å². The van der Waals surface area contributed by atoms with Gasteiger partial charge < -0.3 is 10.1 Å². The maximum absolute atomic E-state index is 5.56. The molecule has 21 heavy (non-hydrogen) atoms. The molecule has 0 spiro atoms. The lowest BCUT2D eigenvalue weighted by Crippen LogP contribution is -2.62. The summed E-state index contributed by atoms with van der Waals surface area (Å²) in [5.74, 6) is 0.844. The predicted molar refractivity (Wildman–Crippen MR) is 89.7 cm³/mol. The Bertz CT molecular complexity index is 279. The molecule has 0 aromatic carbocycles. The van der Waals surface area contributed by atoms with E-state index in [1.807, 2.05) is 0 Å². The Labute approximate surface area is 131 Å². The molecule has 2 aliphatic rings. The highest BCUT2D eigenvalue weighted by atomic mass is 16.5. The van der Waals surface area contributed by atoms with Gasteiger partial charge >= 0.3 is 0 Å². The number of ether oxygens (including phenoxy) is 1. The Morgan fingerprint density at radius 2 is 1.71 bits per heavy atom. The standard InChI is InChI=1S/C18H36N2O/c1-4-11-19-17(16-9-7-5-6-8-10-16)18(2,3)20-12-14-21-15-13-20/h16-17,19H,4-15H2,1-3H3. The third-order valence-corrected chi connectivity index (χ3v) is 5.57. The molecule has 0 radical (unpaired) electrons. The summed E-state index contributed by atoms with van der Waals surface area (Å²) in [5, 5.41) is 3.92. The van der Waals surface area contributed by atoms with Gasteiger partial charge in [0.2, 0.25) is 0 Å². The van der Waals surface area contributed by atoms with E-state index in [2.05, 4.69) is 31.0 Å². The molecule has 124 valence electrons. The van der Waals surface area contributed by atoms with Crippen molar-refractivity contribution >= 4 is 0 Å². The van der Waals surface area contributed by atoms with Crippen molar-refractivity contribution in [2.75, 3.05) is 32.8 Å². The highest BCUT2D eigenvalue weighted by Gasteiger charge is 2.40. The molecule has 1 aliphatic heterocycles. The van der Waals surface area contributed by atoms with E-state index in [4.69, 9.17) is 4.74 Å². The van der Waals surface area contributed by atoms with Crippen LogP contribution in [0.15, 0.2) is 0 Å². The summed E-state index contributed by atoms with van der Waals surface area (Å²) in [7, 11) is 0. The third kappa shape index (κ3) is 4.67. The lowest BCUT2D eigenvalue weighted by Gasteiger charge is -2.49. The van der Waals surface area contributed by atoms with Crippen molar-refractivity contribution in [2.24, 2.45) is 5.92 Å². The zero-order valence-electron chi connectivity index (χ0n) is 14.5. The first kappa shape index (κ1) is 17.2. The molecule has 1 heterocycles. The predicted octanol–water partition coefficient (Wildman–Crippen LogP) is 3.44. The van der Waals surface area contributed by atoms with Gasteiger partial charge in [0.25, 0.3) is 0 Å². The fraction of sp³-hybridized carbons (Fsp3) is 1.00. The summed E-state index contributed by atoms with van der Waals surface area (Å²) in [4.78, 5) is 2.66. The Kier molecular flexibility index (Phi) is 6.97. The molecule has 1 unspecified atom stereocenters. The lowest BCUT2D eigenvalue weighted by molar-refractivity contribution is -0.0328. The highest BCUT2D eigenvalue weighted by molar-refractivity contribution is 4.98. The van der Waals surface area contributed by atoms with Crippen molar-refractivity contribution in [3.05, 3.63) is 0 Å². The normalized spacial score (nSPS) is 24.7. The van der Waals surface area contributed by atoms with Gasteiger partial charge in [0.05, 0.1) is 13.2 Å². The first-order chi connectivity index (χ1) is 10.2. The van der Waals surface area contributed by atoms with Crippen LogP contribution in [0.25, 0.3) is 0 Å². The molecule has 3 nitrogen and oxygen atoms in total. The van der Waals surface area contributed by atoms with Gasteiger partial charge in [-0.15, -0.1) is 0 Å². The number of hydrogen-bond acceptors (Lipinski definition) is 3. The Morgan fingerprint density at radius 3 is 2.29 bits per heavy atom. The molecular formula is C18H36N2O. The monoisotopic (exact) mass is 296 g/mol. The first-order valence-corrected chi connectivity index (χ1v) is 9.22. The van der Waals surface area contributed by atoms with E-state index in [0.29, 0.717) is 6.04 Å². The topological polar surface area (TPSA) is 24.5 Å². The molecule has 0 aromatic heterocycles. The Hall–Kier alpha value is -0.120. The van der Waals surface area contributed by atoms with Gasteiger partial charge in [-0.05, 0) is 45.6 Å². The molecular weight excluding hydrogens is 260 g/mol. The van der Waals surface area contributed by atoms with E-state index in [0.717, 1.165) is 38.8 Å². The average Bonchev–Trinajstić information content (AvgIpc) is 2.77. The minimum Gasteiger partial charge on any atom is -0.379 e. The molecule has 0 aromatic rings. The summed E-state index contributed by atoms with van der Waals surface area (Å²) in [5.41, 5.74) is 0.230. The number of nitrogens with zero attached hydrogens (tertiary/aromatic N) is 1. The van der Waals surface area contributed by atoms with Crippen LogP contribution in [0.1, 0.15) is 65.7 Å². The van der Waals surface area contributed by atoms with Gasteiger partial charge in [-0.1, -0.05) is 32.6 Å². The maximum atomic E-state index is 5.56. The van der Waals surface area contributed by atoms with Crippen LogP contribution in [0, 0.1) is 5.92 Å². The minimum absolute atomic E-state index is 0.230. The van der Waals surface area contributed by atoms with Gasteiger partial charge in [-0.25, -0.2) is 0 Å². The number of nitrogens with one attached hydrogen (secondary N) is 1. The van der Waals surface area contributed by atoms with Crippen molar-refractivity contribution in [1.29, 1.82) is 0 Å². The van der Waals surface area contributed by atoms with Crippen LogP contribution in [0.5, 0.6) is 0 Å². The molecule has 1 N–H and O–H groups in total. The van der Waals surface area contributed by atoms with Gasteiger partial charge in [-0.2, -0.15) is 0 Å². The van der Waals surface area contributed by atoms with Crippen LogP contribution >= 0.6 is 0 Å². The summed E-state index contributed by atoms with van der Waals surface area (Å²) >= 11 is 0. The molecule has 1 atom stereocenters. The fourth-order valence-electron chi connectivity index (χ4n) is 4.27. The zero-order valence-corrected chi connectivity index (χ0v) is 14.5. The molecule has 1 saturated carbocycles. The summed E-state index contributed by atoms with van der Waals surface area (Å²) in [6.45, 7) is 12.3. The van der Waals surface area contributed by atoms with Crippen LogP contribution < -0.4 is 5.32 Å². The molecule has 0 bridgehead atoms. The van der Waals surface area contributed by atoms with Gasteiger partial charge in [-0.3, -0.25) is 4.90 Å². The second-order valence-electron chi connectivity index (χ2n) is 7.44. The molecule has 1 aliphatic carbocycles. The number of rotatable bonds is 6. The van der Waals surface area contributed by atoms with E-state index in [1.54, 1.807) is 0 Å². The van der Waals surface area contributed by atoms with E-state index < -0.39 is 0 Å². The lowest BCUT2D eigenvalue weighted by atomic mass is 9.79. The van der Waals surface area contributed by atoms with E-state index >= 15 is 0 Å². The second-order valence-corrected chi connectivity index (χ2v) is 7.44. The molecule has 0 amide bonds. The largest absolute Gasteiger partial charge is 0.379 e. The van der Waals surface area contributed by atoms with E-state index in [-0.39, 0.29) is 5.54 Å². The fourth-order valence-corrected chi connectivity index (χ4v) is 4.27. The first-order valence-electron chi connectivity index (χ1n) is 9.22. The van der Waals surface area contributed by atoms with Gasteiger partial charge in [0, 0.05) is 24.7 Å². The van der Waals surface area contributed by atoms with Crippen LogP contribution in [-0.2, 0) is 4.74 Å². The van der Waals surface area contributed by atoms with Crippen LogP contribution in [0.4, 0.5) is 0 Å². The van der Waals surface area contributed by atoms with Crippen LogP contribution in [0.2, 0.25) is 0 Å². The van der Waals surface area contributed by atoms with E-state index in [9.17, 15) is 0 Å². The Balaban J connectivity index is 2.07. The van der Waals surface area contributed by atoms with Crippen LogP contribution in [-0.4, -0.2) is 49.3 Å². The summed E-state index contributed by atoms with van der Waals surface area (Å²) < 4.78 is 5.56. The molecule has 1 saturated heterocycles. The molecule has 2 fully saturated rings. The zero-order chi connectivity index (χ0) is 15.1. The molecule has 2 rings (SSSR count). The Morgan fingerprint density at radius 1 is 1.10 bits per heavy atom. The van der Waals surface area contributed by atoms with Crippen molar-refractivity contribution in [3.63, 3.8) is 0 Å². The maximum Gasteiger partial charge on any atom is 0.0594 e. The van der Waals surface area contributed by atoms with Gasteiger partial charge in [0.1, 0.15) is 0 Å². The van der Waals surface area contributed by atoms with Crippen molar-refractivity contribution in [1.82, 2.24) is 10.2 Å². The highest BCUT2D eigenvalue weighted by Crippen LogP contribution is 2.33. The SMILES string of the molecule is CCCNC(C1CCCCCC1)C(C)(C)N1CCOCC1. The minimum atomic E-state index is 0.230. The summed E-state index contributed by atoms with van der Waals surface area (Å²) in [6.07, 6.45) is 9.78. The number of morpholine rings is 1. The van der Waals surface area contributed by atoms with E-state index in [1.165, 1.54) is 44.9 Å². The quantitative estimate of drug-likeness (QED) is 0.760. The van der Waals surface area contributed by atoms with Crippen LogP contribution in [0.3, 0.4) is 0 Å². The molecule has 3 heteroatoms. The summed E-state index contributed by atoms with van der Waals surface area (Å²) in [6, 6.07) is 0.619. The van der Waals surface area contributed by atoms with Gasteiger partial charge in [0.15, 0.2) is 0 Å².